The fourth-order valence-electron chi connectivity index (χ4n) is 2.89. The summed E-state index contributed by atoms with van der Waals surface area (Å²) in [7, 11) is 0. The number of rotatable bonds is 6. The average Bonchev–Trinajstić information content (AvgIpc) is 3.00. The van der Waals surface area contributed by atoms with Gasteiger partial charge in [0.15, 0.2) is 0 Å². The van der Waals surface area contributed by atoms with Gasteiger partial charge in [-0.25, -0.2) is 4.98 Å². The largest absolute Gasteiger partial charge is 0.395 e. The van der Waals surface area contributed by atoms with Crippen LogP contribution in [0, 0.1) is 5.92 Å². The molecular weight excluding hydrogens is 322 g/mol. The highest BCUT2D eigenvalue weighted by atomic mass is 32.1. The van der Waals surface area contributed by atoms with Gasteiger partial charge in [-0.15, -0.1) is 11.3 Å². The molecule has 1 atom stereocenters. The lowest BCUT2D eigenvalue weighted by Gasteiger charge is -2.15. The first-order valence-electron chi connectivity index (χ1n) is 8.36. The van der Waals surface area contributed by atoms with Crippen LogP contribution >= 0.6 is 11.3 Å². The number of aromatic nitrogens is 1. The Morgan fingerprint density at radius 2 is 2.33 bits per heavy atom. The molecule has 0 saturated carbocycles. The molecule has 2 aromatic rings. The summed E-state index contributed by atoms with van der Waals surface area (Å²) in [6.07, 6.45) is 3.47. The van der Waals surface area contributed by atoms with Crippen LogP contribution in [0.15, 0.2) is 24.3 Å². The highest BCUT2D eigenvalue weighted by Crippen LogP contribution is 2.30. The fourth-order valence-corrected chi connectivity index (χ4v) is 4.11. The van der Waals surface area contributed by atoms with E-state index in [0.29, 0.717) is 12.1 Å². The SMILES string of the molecule is CC1CCc2nc(CNc3cccc(C(=O)NCCO)c3)sc2C1. The molecule has 5 nitrogen and oxygen atoms in total. The summed E-state index contributed by atoms with van der Waals surface area (Å²) in [6.45, 7) is 3.18. The lowest BCUT2D eigenvalue weighted by molar-refractivity contribution is 0.0945. The molecule has 1 aliphatic carbocycles. The number of carbonyl (C=O) groups excluding carboxylic acids is 1. The zero-order valence-electron chi connectivity index (χ0n) is 13.8. The van der Waals surface area contributed by atoms with Crippen LogP contribution < -0.4 is 10.6 Å². The zero-order valence-corrected chi connectivity index (χ0v) is 14.7. The molecule has 1 aromatic heterocycles. The van der Waals surface area contributed by atoms with Gasteiger partial charge in [-0.1, -0.05) is 13.0 Å². The first-order valence-corrected chi connectivity index (χ1v) is 9.18. The Morgan fingerprint density at radius 3 is 3.17 bits per heavy atom. The van der Waals surface area contributed by atoms with E-state index in [0.717, 1.165) is 29.5 Å². The van der Waals surface area contributed by atoms with Gasteiger partial charge in [0.2, 0.25) is 0 Å². The minimum absolute atomic E-state index is 0.0585. The number of aliphatic hydroxyl groups is 1. The van der Waals surface area contributed by atoms with Crippen molar-refractivity contribution in [2.75, 3.05) is 18.5 Å². The lowest BCUT2D eigenvalue weighted by Crippen LogP contribution is -2.26. The van der Waals surface area contributed by atoms with Gasteiger partial charge in [0, 0.05) is 22.7 Å². The summed E-state index contributed by atoms with van der Waals surface area (Å²) in [5, 5.41) is 15.9. The molecule has 0 bridgehead atoms. The monoisotopic (exact) mass is 345 g/mol. The topological polar surface area (TPSA) is 74.2 Å². The summed E-state index contributed by atoms with van der Waals surface area (Å²) >= 11 is 1.80. The maximum atomic E-state index is 11.9. The van der Waals surface area contributed by atoms with Gasteiger partial charge in [-0.3, -0.25) is 4.79 Å². The summed E-state index contributed by atoms with van der Waals surface area (Å²) in [6, 6.07) is 7.38. The van der Waals surface area contributed by atoms with Crippen molar-refractivity contribution in [2.45, 2.75) is 32.7 Å². The van der Waals surface area contributed by atoms with Crippen molar-refractivity contribution in [2.24, 2.45) is 5.92 Å². The fraction of sp³-hybridized carbons (Fsp3) is 0.444. The van der Waals surface area contributed by atoms with Crippen molar-refractivity contribution in [3.8, 4) is 0 Å². The van der Waals surface area contributed by atoms with Gasteiger partial charge in [0.05, 0.1) is 18.8 Å². The quantitative estimate of drug-likeness (QED) is 0.752. The predicted molar refractivity (Wildman–Crippen MR) is 96.5 cm³/mol. The van der Waals surface area contributed by atoms with Gasteiger partial charge < -0.3 is 15.7 Å². The first kappa shape index (κ1) is 16.9. The molecule has 0 spiro atoms. The van der Waals surface area contributed by atoms with E-state index in [2.05, 4.69) is 17.6 Å². The molecule has 1 amide bonds. The highest BCUT2D eigenvalue weighted by molar-refractivity contribution is 7.11. The summed E-state index contributed by atoms with van der Waals surface area (Å²) in [5.74, 6) is 0.583. The number of aryl methyl sites for hydroxylation is 1. The Kier molecular flexibility index (Phi) is 5.48. The number of benzene rings is 1. The Bertz CT molecular complexity index is 714. The number of anilines is 1. The van der Waals surface area contributed by atoms with Crippen molar-refractivity contribution >= 4 is 22.9 Å². The zero-order chi connectivity index (χ0) is 16.9. The molecule has 1 aromatic carbocycles. The van der Waals surface area contributed by atoms with E-state index >= 15 is 0 Å². The normalized spacial score (nSPS) is 16.5. The smallest absolute Gasteiger partial charge is 0.251 e. The number of nitrogens with one attached hydrogen (secondary N) is 2. The number of amides is 1. The molecule has 3 N–H and O–H groups in total. The number of thiazole rings is 1. The molecule has 0 radical (unpaired) electrons. The van der Waals surface area contributed by atoms with E-state index in [1.165, 1.54) is 17.0 Å². The van der Waals surface area contributed by atoms with Crippen LogP contribution in [0.4, 0.5) is 5.69 Å². The van der Waals surface area contributed by atoms with Crippen molar-refractivity contribution in [3.05, 3.63) is 45.4 Å². The number of nitrogens with zero attached hydrogens (tertiary/aromatic N) is 1. The van der Waals surface area contributed by atoms with Crippen molar-refractivity contribution in [3.63, 3.8) is 0 Å². The molecule has 1 aliphatic rings. The van der Waals surface area contributed by atoms with E-state index in [-0.39, 0.29) is 19.1 Å². The number of hydrogen-bond acceptors (Lipinski definition) is 5. The van der Waals surface area contributed by atoms with Crippen molar-refractivity contribution < 1.29 is 9.90 Å². The van der Waals surface area contributed by atoms with Crippen molar-refractivity contribution in [1.82, 2.24) is 10.3 Å². The number of fused-ring (bicyclic) bond motifs is 1. The van der Waals surface area contributed by atoms with E-state index in [4.69, 9.17) is 10.1 Å². The molecular formula is C18H23N3O2S. The van der Waals surface area contributed by atoms with Crippen LogP contribution in [0.2, 0.25) is 0 Å². The standard InChI is InChI=1S/C18H23N3O2S/c1-12-5-6-15-16(9-12)24-17(21-15)11-20-14-4-2-3-13(10-14)18(23)19-7-8-22/h2-4,10,12,20,22H,5-9,11H2,1H3,(H,19,23). The second-order valence-electron chi connectivity index (χ2n) is 6.24. The van der Waals surface area contributed by atoms with E-state index in [9.17, 15) is 4.79 Å². The summed E-state index contributed by atoms with van der Waals surface area (Å²) < 4.78 is 0. The third-order valence-corrected chi connectivity index (χ3v) is 5.32. The van der Waals surface area contributed by atoms with Gasteiger partial charge in [-0.2, -0.15) is 0 Å². The Morgan fingerprint density at radius 1 is 1.46 bits per heavy atom. The Labute approximate surface area is 146 Å². The highest BCUT2D eigenvalue weighted by Gasteiger charge is 2.19. The predicted octanol–water partition coefficient (Wildman–Crippen LogP) is 2.60. The van der Waals surface area contributed by atoms with E-state index < -0.39 is 0 Å². The Balaban J connectivity index is 1.62. The van der Waals surface area contributed by atoms with Crippen LogP contribution in [-0.2, 0) is 19.4 Å². The maximum absolute atomic E-state index is 11.9. The molecule has 1 unspecified atom stereocenters. The molecule has 0 aliphatic heterocycles. The molecule has 6 heteroatoms. The maximum Gasteiger partial charge on any atom is 0.251 e. The van der Waals surface area contributed by atoms with Gasteiger partial charge in [0.1, 0.15) is 5.01 Å². The van der Waals surface area contributed by atoms with Crippen molar-refractivity contribution in [1.29, 1.82) is 0 Å². The molecule has 128 valence electrons. The lowest BCUT2D eigenvalue weighted by atomic mass is 9.93. The molecule has 24 heavy (non-hydrogen) atoms. The van der Waals surface area contributed by atoms with Gasteiger partial charge in [0.25, 0.3) is 5.91 Å². The van der Waals surface area contributed by atoms with Gasteiger partial charge in [-0.05, 0) is 43.4 Å². The van der Waals surface area contributed by atoms with Crippen LogP contribution in [-0.4, -0.2) is 29.1 Å². The Hall–Kier alpha value is -1.92. The number of carbonyl (C=O) groups is 1. The minimum atomic E-state index is -0.175. The summed E-state index contributed by atoms with van der Waals surface area (Å²) in [4.78, 5) is 18.1. The molecule has 3 rings (SSSR count). The first-order chi connectivity index (χ1) is 11.7. The van der Waals surface area contributed by atoms with E-state index in [1.54, 1.807) is 17.4 Å². The van der Waals surface area contributed by atoms with Crippen LogP contribution in [0.3, 0.4) is 0 Å². The van der Waals surface area contributed by atoms with E-state index in [1.807, 2.05) is 18.2 Å². The number of aliphatic hydroxyl groups excluding tert-OH is 1. The minimum Gasteiger partial charge on any atom is -0.395 e. The van der Waals surface area contributed by atoms with Gasteiger partial charge >= 0.3 is 0 Å². The third-order valence-electron chi connectivity index (χ3n) is 4.20. The average molecular weight is 345 g/mol. The molecule has 0 fully saturated rings. The second-order valence-corrected chi connectivity index (χ2v) is 7.41. The second kappa shape index (κ2) is 7.77. The molecule has 1 heterocycles. The van der Waals surface area contributed by atoms with Crippen LogP contribution in [0.25, 0.3) is 0 Å². The molecule has 0 saturated heterocycles. The van der Waals surface area contributed by atoms with Crippen LogP contribution in [0.1, 0.15) is 39.3 Å². The number of hydrogen-bond donors (Lipinski definition) is 3. The third kappa shape index (κ3) is 4.13. The summed E-state index contributed by atoms with van der Waals surface area (Å²) in [5.41, 5.74) is 2.75. The van der Waals surface area contributed by atoms with Crippen LogP contribution in [0.5, 0.6) is 0 Å².